The first-order chi connectivity index (χ1) is 12.3. The first-order valence-electron chi connectivity index (χ1n) is 8.79. The maximum atomic E-state index is 12.9. The van der Waals surface area contributed by atoms with Crippen LogP contribution in [0.4, 0.5) is 5.69 Å². The number of halogens is 1. The summed E-state index contributed by atoms with van der Waals surface area (Å²) in [5, 5.41) is 14.5. The minimum Gasteiger partial charge on any atom is -0.478 e. The normalized spacial score (nSPS) is 12.0. The maximum Gasteiger partial charge on any atom is 0.337 e. The molecule has 0 aliphatic carbocycles. The number of aromatic carboxylic acids is 1. The number of hydrogen-bond acceptors (Lipinski definition) is 2. The van der Waals surface area contributed by atoms with Crippen molar-refractivity contribution < 1.29 is 14.7 Å². The molecule has 144 valence electrons. The number of anilines is 1. The Bertz CT molecular complexity index is 867. The number of hydrogen-bond donors (Lipinski definition) is 2. The molecule has 2 aromatic carbocycles. The van der Waals surface area contributed by atoms with Crippen LogP contribution < -0.4 is 15.7 Å². The predicted molar refractivity (Wildman–Crippen MR) is 119 cm³/mol. The molecule has 1 amide bonds. The average molecular weight is 420 g/mol. The standard InChI is InChI=1S/C20H26ClNO3Si2/c1-26(2,3)15-9-13(10-16(12-15)27(4,5)6)19(23)22-14-7-8-17(20(24)25)18(21)11-14/h7-12H,1-6H3,(H,22,23)(H,24,25). The number of carboxylic acid groups (broad SMARTS) is 1. The minimum atomic E-state index is -1.59. The second kappa shape index (κ2) is 7.62. The van der Waals surface area contributed by atoms with Gasteiger partial charge in [-0.25, -0.2) is 4.79 Å². The van der Waals surface area contributed by atoms with Crippen LogP contribution in [0.15, 0.2) is 36.4 Å². The van der Waals surface area contributed by atoms with E-state index in [1.807, 2.05) is 12.1 Å². The highest BCUT2D eigenvalue weighted by atomic mass is 35.5. The van der Waals surface area contributed by atoms with E-state index in [4.69, 9.17) is 16.7 Å². The van der Waals surface area contributed by atoms with Crippen LogP contribution in [0.2, 0.25) is 44.3 Å². The molecule has 0 bridgehead atoms. The predicted octanol–water partition coefficient (Wildman–Crippen LogP) is 4.38. The number of amides is 1. The molecule has 0 radical (unpaired) electrons. The number of carbonyl (C=O) groups is 2. The second-order valence-electron chi connectivity index (χ2n) is 8.75. The fraction of sp³-hybridized carbons (Fsp3) is 0.300. The van der Waals surface area contributed by atoms with E-state index in [1.54, 1.807) is 6.07 Å². The van der Waals surface area contributed by atoms with Crippen LogP contribution in [-0.2, 0) is 0 Å². The Morgan fingerprint density at radius 3 is 1.81 bits per heavy atom. The molecule has 0 heterocycles. The van der Waals surface area contributed by atoms with E-state index in [0.717, 1.165) is 0 Å². The molecule has 4 nitrogen and oxygen atoms in total. The number of carbonyl (C=O) groups excluding carboxylic acids is 1. The van der Waals surface area contributed by atoms with Crippen molar-refractivity contribution in [1.29, 1.82) is 0 Å². The lowest BCUT2D eigenvalue weighted by atomic mass is 10.1. The molecule has 0 aliphatic heterocycles. The maximum absolute atomic E-state index is 12.9. The summed E-state index contributed by atoms with van der Waals surface area (Å²) in [5.74, 6) is -1.31. The summed E-state index contributed by atoms with van der Waals surface area (Å²) >= 11 is 6.00. The lowest BCUT2D eigenvalue weighted by Crippen LogP contribution is -2.46. The van der Waals surface area contributed by atoms with Gasteiger partial charge in [-0.15, -0.1) is 0 Å². The van der Waals surface area contributed by atoms with Gasteiger partial charge in [-0.3, -0.25) is 4.79 Å². The first kappa shape index (κ1) is 21.4. The minimum absolute atomic E-state index is 0.0106. The highest BCUT2D eigenvalue weighted by Gasteiger charge is 2.24. The largest absolute Gasteiger partial charge is 0.478 e. The van der Waals surface area contributed by atoms with Gasteiger partial charge in [0.2, 0.25) is 0 Å². The molecular weight excluding hydrogens is 394 g/mol. The van der Waals surface area contributed by atoms with Crippen molar-refractivity contribution in [3.05, 3.63) is 52.5 Å². The van der Waals surface area contributed by atoms with Gasteiger partial charge >= 0.3 is 5.97 Å². The Morgan fingerprint density at radius 1 is 0.889 bits per heavy atom. The Kier molecular flexibility index (Phi) is 6.04. The quantitative estimate of drug-likeness (QED) is 0.706. The summed E-state index contributed by atoms with van der Waals surface area (Å²) in [6.07, 6.45) is 0. The lowest BCUT2D eigenvalue weighted by Gasteiger charge is -2.24. The van der Waals surface area contributed by atoms with E-state index in [0.29, 0.717) is 11.3 Å². The van der Waals surface area contributed by atoms with Crippen molar-refractivity contribution in [3.8, 4) is 0 Å². The lowest BCUT2D eigenvalue weighted by molar-refractivity contribution is 0.0697. The molecule has 0 saturated carbocycles. The zero-order valence-electron chi connectivity index (χ0n) is 16.6. The topological polar surface area (TPSA) is 66.4 Å². The molecule has 0 aromatic heterocycles. The molecule has 2 rings (SSSR count). The molecule has 0 spiro atoms. The van der Waals surface area contributed by atoms with Crippen molar-refractivity contribution in [2.24, 2.45) is 0 Å². The third-order valence-electron chi connectivity index (χ3n) is 4.38. The third-order valence-corrected chi connectivity index (χ3v) is 8.74. The number of rotatable bonds is 5. The smallest absolute Gasteiger partial charge is 0.337 e. The molecule has 0 saturated heterocycles. The molecule has 0 unspecified atom stereocenters. The van der Waals surface area contributed by atoms with Crippen molar-refractivity contribution >= 4 is 55.7 Å². The van der Waals surface area contributed by atoms with Gasteiger partial charge in [-0.05, 0) is 18.2 Å². The Hall–Kier alpha value is -1.90. The summed E-state index contributed by atoms with van der Waals surface area (Å²) in [4.78, 5) is 23.9. The van der Waals surface area contributed by atoms with Crippen LogP contribution >= 0.6 is 11.6 Å². The van der Waals surface area contributed by atoms with Gasteiger partial charge in [0.25, 0.3) is 5.91 Å². The Balaban J connectivity index is 2.41. The van der Waals surface area contributed by atoms with Gasteiger partial charge in [0.05, 0.1) is 26.7 Å². The summed E-state index contributed by atoms with van der Waals surface area (Å²) in [5.41, 5.74) is 1.12. The first-order valence-corrected chi connectivity index (χ1v) is 16.2. The van der Waals surface area contributed by atoms with Crippen LogP contribution in [0.5, 0.6) is 0 Å². The van der Waals surface area contributed by atoms with Crippen LogP contribution in [0.1, 0.15) is 20.7 Å². The third kappa shape index (κ3) is 5.31. The molecule has 2 N–H and O–H groups in total. The number of benzene rings is 2. The molecule has 27 heavy (non-hydrogen) atoms. The van der Waals surface area contributed by atoms with E-state index >= 15 is 0 Å². The van der Waals surface area contributed by atoms with Crippen LogP contribution in [0.25, 0.3) is 0 Å². The van der Waals surface area contributed by atoms with E-state index in [-0.39, 0.29) is 16.5 Å². The second-order valence-corrected chi connectivity index (χ2v) is 19.3. The summed E-state index contributed by atoms with van der Waals surface area (Å²) in [6.45, 7) is 13.6. The summed E-state index contributed by atoms with van der Waals surface area (Å²) in [7, 11) is -3.17. The molecule has 0 atom stereocenters. The van der Waals surface area contributed by atoms with Crippen molar-refractivity contribution in [3.63, 3.8) is 0 Å². The van der Waals surface area contributed by atoms with Gasteiger partial charge in [0.15, 0.2) is 0 Å². The Labute approximate surface area is 167 Å². The highest BCUT2D eigenvalue weighted by Crippen LogP contribution is 2.21. The molecule has 2 aromatic rings. The van der Waals surface area contributed by atoms with Crippen LogP contribution in [-0.4, -0.2) is 33.1 Å². The highest BCUT2D eigenvalue weighted by molar-refractivity contribution is 6.91. The molecule has 7 heteroatoms. The fourth-order valence-electron chi connectivity index (χ4n) is 2.59. The average Bonchev–Trinajstić information content (AvgIpc) is 2.52. The molecule has 0 aliphatic rings. The summed E-state index contributed by atoms with van der Waals surface area (Å²) < 4.78 is 0. The van der Waals surface area contributed by atoms with E-state index < -0.39 is 22.1 Å². The van der Waals surface area contributed by atoms with Crippen molar-refractivity contribution in [2.45, 2.75) is 39.3 Å². The van der Waals surface area contributed by atoms with Crippen molar-refractivity contribution in [2.75, 3.05) is 5.32 Å². The SMILES string of the molecule is C[Si](C)(C)c1cc(C(=O)Nc2ccc(C(=O)O)c(Cl)c2)cc([Si](C)(C)C)c1. The number of carboxylic acids is 1. The zero-order chi connectivity index (χ0) is 20.6. The van der Waals surface area contributed by atoms with E-state index in [2.05, 4.69) is 50.7 Å². The molecule has 0 fully saturated rings. The van der Waals surface area contributed by atoms with Gasteiger partial charge < -0.3 is 10.4 Å². The summed E-state index contributed by atoms with van der Waals surface area (Å²) in [6, 6.07) is 10.6. The van der Waals surface area contributed by atoms with Crippen molar-refractivity contribution in [1.82, 2.24) is 0 Å². The number of nitrogens with one attached hydrogen (secondary N) is 1. The van der Waals surface area contributed by atoms with Crippen LogP contribution in [0.3, 0.4) is 0 Å². The Morgan fingerprint density at radius 2 is 1.41 bits per heavy atom. The zero-order valence-corrected chi connectivity index (χ0v) is 19.4. The van der Waals surface area contributed by atoms with Gasteiger partial charge in [-0.2, -0.15) is 0 Å². The van der Waals surface area contributed by atoms with E-state index in [1.165, 1.54) is 22.5 Å². The van der Waals surface area contributed by atoms with E-state index in [9.17, 15) is 9.59 Å². The van der Waals surface area contributed by atoms with Gasteiger partial charge in [0, 0.05) is 11.3 Å². The van der Waals surface area contributed by atoms with Crippen LogP contribution in [0, 0.1) is 0 Å². The molecular formula is C20H26ClNO3Si2. The van der Waals surface area contributed by atoms with Gasteiger partial charge in [0.1, 0.15) is 0 Å². The fourth-order valence-corrected chi connectivity index (χ4v) is 5.35. The van der Waals surface area contributed by atoms with Gasteiger partial charge in [-0.1, -0.05) is 79.5 Å². The monoisotopic (exact) mass is 419 g/mol.